The lowest BCUT2D eigenvalue weighted by Gasteiger charge is -2.13. The van der Waals surface area contributed by atoms with E-state index in [9.17, 15) is 4.79 Å². The van der Waals surface area contributed by atoms with Crippen LogP contribution in [-0.4, -0.2) is 32.3 Å². The third-order valence-electron chi connectivity index (χ3n) is 3.41. The standard InChI is InChI=1S/C13H16N6O/c20-13(15-10-4-1-2-5-10)16-11-6-3-7-12(8-11)19-9-14-17-18-19/h3,6-10H,1-2,4-5H2,(H2,15,16,20). The lowest BCUT2D eigenvalue weighted by atomic mass is 10.2. The quantitative estimate of drug-likeness (QED) is 0.891. The molecule has 1 aliphatic rings. The predicted octanol–water partition coefficient (Wildman–Crippen LogP) is 1.73. The van der Waals surface area contributed by atoms with Crippen LogP contribution in [0.25, 0.3) is 5.69 Å². The van der Waals surface area contributed by atoms with E-state index in [1.165, 1.54) is 19.2 Å². The number of hydrogen-bond acceptors (Lipinski definition) is 4. The Morgan fingerprint density at radius 3 is 2.90 bits per heavy atom. The van der Waals surface area contributed by atoms with Crippen molar-refractivity contribution >= 4 is 11.7 Å². The first-order valence-corrected chi connectivity index (χ1v) is 6.72. The Hall–Kier alpha value is -2.44. The highest BCUT2D eigenvalue weighted by Crippen LogP contribution is 2.18. The van der Waals surface area contributed by atoms with Gasteiger partial charge in [0.1, 0.15) is 6.33 Å². The van der Waals surface area contributed by atoms with Crippen LogP contribution in [0.4, 0.5) is 10.5 Å². The molecule has 1 aliphatic carbocycles. The van der Waals surface area contributed by atoms with Crippen LogP contribution in [0.2, 0.25) is 0 Å². The number of aromatic nitrogens is 4. The van der Waals surface area contributed by atoms with E-state index >= 15 is 0 Å². The van der Waals surface area contributed by atoms with Crippen molar-refractivity contribution in [1.29, 1.82) is 0 Å². The number of urea groups is 1. The molecule has 0 aliphatic heterocycles. The second-order valence-corrected chi connectivity index (χ2v) is 4.88. The second-order valence-electron chi connectivity index (χ2n) is 4.88. The highest BCUT2D eigenvalue weighted by atomic mass is 16.2. The third kappa shape index (κ3) is 2.93. The van der Waals surface area contributed by atoms with Gasteiger partial charge in [-0.1, -0.05) is 18.9 Å². The minimum Gasteiger partial charge on any atom is -0.335 e. The smallest absolute Gasteiger partial charge is 0.319 e. The Kier molecular flexibility index (Phi) is 3.58. The summed E-state index contributed by atoms with van der Waals surface area (Å²) in [6.45, 7) is 0. The highest BCUT2D eigenvalue weighted by molar-refractivity contribution is 5.89. The highest BCUT2D eigenvalue weighted by Gasteiger charge is 2.16. The molecule has 3 rings (SSSR count). The number of amides is 2. The zero-order chi connectivity index (χ0) is 13.8. The molecule has 2 amide bonds. The number of tetrazole rings is 1. The summed E-state index contributed by atoms with van der Waals surface area (Å²) in [5.41, 5.74) is 1.52. The van der Waals surface area contributed by atoms with Crippen LogP contribution in [0.15, 0.2) is 30.6 Å². The van der Waals surface area contributed by atoms with Crippen LogP contribution in [0.1, 0.15) is 25.7 Å². The van der Waals surface area contributed by atoms with E-state index in [2.05, 4.69) is 26.2 Å². The Balaban J connectivity index is 1.65. The van der Waals surface area contributed by atoms with Crippen molar-refractivity contribution in [2.75, 3.05) is 5.32 Å². The van der Waals surface area contributed by atoms with Gasteiger partial charge in [0.05, 0.1) is 5.69 Å². The van der Waals surface area contributed by atoms with Crippen molar-refractivity contribution in [1.82, 2.24) is 25.5 Å². The zero-order valence-corrected chi connectivity index (χ0v) is 11.0. The summed E-state index contributed by atoms with van der Waals surface area (Å²) >= 11 is 0. The van der Waals surface area contributed by atoms with Crippen LogP contribution < -0.4 is 10.6 Å². The Morgan fingerprint density at radius 1 is 1.30 bits per heavy atom. The fourth-order valence-corrected chi connectivity index (χ4v) is 2.43. The van der Waals surface area contributed by atoms with Crippen molar-refractivity contribution in [3.05, 3.63) is 30.6 Å². The fourth-order valence-electron chi connectivity index (χ4n) is 2.43. The van der Waals surface area contributed by atoms with E-state index in [1.807, 2.05) is 24.3 Å². The number of carbonyl (C=O) groups excluding carboxylic acids is 1. The molecule has 1 fully saturated rings. The first kappa shape index (κ1) is 12.6. The van der Waals surface area contributed by atoms with Gasteiger partial charge in [-0.05, 0) is 41.5 Å². The molecular weight excluding hydrogens is 256 g/mol. The number of anilines is 1. The Bertz CT molecular complexity index is 576. The molecule has 1 heterocycles. The van der Waals surface area contributed by atoms with Gasteiger partial charge in [0.2, 0.25) is 0 Å². The minimum absolute atomic E-state index is 0.161. The number of benzene rings is 1. The fraction of sp³-hybridized carbons (Fsp3) is 0.385. The van der Waals surface area contributed by atoms with E-state index in [1.54, 1.807) is 4.68 Å². The number of nitrogens with one attached hydrogen (secondary N) is 2. The van der Waals surface area contributed by atoms with Crippen LogP contribution in [0.5, 0.6) is 0 Å². The molecule has 0 bridgehead atoms. The van der Waals surface area contributed by atoms with E-state index in [4.69, 9.17) is 0 Å². The van der Waals surface area contributed by atoms with Crippen LogP contribution in [0, 0.1) is 0 Å². The maximum atomic E-state index is 11.9. The topological polar surface area (TPSA) is 84.7 Å². The van der Waals surface area contributed by atoms with Crippen LogP contribution >= 0.6 is 0 Å². The van der Waals surface area contributed by atoms with Gasteiger partial charge in [-0.15, -0.1) is 5.10 Å². The maximum absolute atomic E-state index is 11.9. The SMILES string of the molecule is O=C(Nc1cccc(-n2cnnn2)c1)NC1CCCC1. The summed E-state index contributed by atoms with van der Waals surface area (Å²) in [6.07, 6.45) is 6.04. The van der Waals surface area contributed by atoms with Gasteiger partial charge in [0.25, 0.3) is 0 Å². The molecule has 2 aromatic rings. The Labute approximate surface area is 116 Å². The lowest BCUT2D eigenvalue weighted by Crippen LogP contribution is -2.36. The molecule has 2 N–H and O–H groups in total. The van der Waals surface area contributed by atoms with Crippen molar-refractivity contribution in [2.45, 2.75) is 31.7 Å². The number of rotatable bonds is 3. The summed E-state index contributed by atoms with van der Waals surface area (Å²) in [6, 6.07) is 7.52. The van der Waals surface area contributed by atoms with Crippen LogP contribution in [0.3, 0.4) is 0 Å². The first-order valence-electron chi connectivity index (χ1n) is 6.72. The van der Waals surface area contributed by atoms with Gasteiger partial charge in [-0.3, -0.25) is 0 Å². The molecule has 0 saturated heterocycles. The Morgan fingerprint density at radius 2 is 2.15 bits per heavy atom. The van der Waals surface area contributed by atoms with Gasteiger partial charge >= 0.3 is 6.03 Å². The van der Waals surface area contributed by atoms with Crippen LogP contribution in [-0.2, 0) is 0 Å². The minimum atomic E-state index is -0.161. The molecule has 0 unspecified atom stereocenters. The van der Waals surface area contributed by atoms with Gasteiger partial charge in [-0.25, -0.2) is 9.48 Å². The summed E-state index contributed by atoms with van der Waals surface area (Å²) in [7, 11) is 0. The van der Waals surface area contributed by atoms with E-state index in [0.717, 1.165) is 18.5 Å². The van der Waals surface area contributed by atoms with E-state index < -0.39 is 0 Å². The van der Waals surface area contributed by atoms with Gasteiger partial charge in [-0.2, -0.15) is 0 Å². The van der Waals surface area contributed by atoms with Crippen molar-refractivity contribution < 1.29 is 4.79 Å². The molecule has 0 spiro atoms. The molecule has 104 valence electrons. The molecule has 7 nitrogen and oxygen atoms in total. The van der Waals surface area contributed by atoms with Gasteiger partial charge < -0.3 is 10.6 Å². The largest absolute Gasteiger partial charge is 0.335 e. The zero-order valence-electron chi connectivity index (χ0n) is 11.0. The number of nitrogens with zero attached hydrogens (tertiary/aromatic N) is 4. The summed E-state index contributed by atoms with van der Waals surface area (Å²) < 4.78 is 1.54. The van der Waals surface area contributed by atoms with Gasteiger partial charge in [0.15, 0.2) is 0 Å². The average Bonchev–Trinajstić information content (AvgIpc) is 3.11. The van der Waals surface area contributed by atoms with Crippen molar-refractivity contribution in [3.63, 3.8) is 0 Å². The van der Waals surface area contributed by atoms with E-state index in [-0.39, 0.29) is 6.03 Å². The molecule has 7 heteroatoms. The van der Waals surface area contributed by atoms with Crippen molar-refractivity contribution in [3.8, 4) is 5.69 Å². The summed E-state index contributed by atoms with van der Waals surface area (Å²) in [4.78, 5) is 11.9. The number of carbonyl (C=O) groups is 1. The molecule has 0 atom stereocenters. The first-order chi connectivity index (χ1) is 9.81. The monoisotopic (exact) mass is 272 g/mol. The normalized spacial score (nSPS) is 15.2. The second kappa shape index (κ2) is 5.68. The molecular formula is C13H16N6O. The molecule has 20 heavy (non-hydrogen) atoms. The summed E-state index contributed by atoms with van der Waals surface area (Å²) in [5.74, 6) is 0. The lowest BCUT2D eigenvalue weighted by molar-refractivity contribution is 0.248. The number of hydrogen-bond donors (Lipinski definition) is 2. The van der Waals surface area contributed by atoms with E-state index in [0.29, 0.717) is 11.7 Å². The molecule has 1 aromatic carbocycles. The summed E-state index contributed by atoms with van der Waals surface area (Å²) in [5, 5.41) is 16.8. The predicted molar refractivity (Wildman–Crippen MR) is 73.6 cm³/mol. The van der Waals surface area contributed by atoms with Gasteiger partial charge in [0, 0.05) is 11.7 Å². The maximum Gasteiger partial charge on any atom is 0.319 e. The molecule has 1 saturated carbocycles. The van der Waals surface area contributed by atoms with Crippen molar-refractivity contribution in [2.24, 2.45) is 0 Å². The molecule has 0 radical (unpaired) electrons. The molecule has 1 aromatic heterocycles. The third-order valence-corrected chi connectivity index (χ3v) is 3.41. The average molecular weight is 272 g/mol.